The van der Waals surface area contributed by atoms with E-state index in [1.54, 1.807) is 13.8 Å². The molecule has 0 saturated carbocycles. The highest BCUT2D eigenvalue weighted by Gasteiger charge is 2.33. The monoisotopic (exact) mass is 414 g/mol. The van der Waals surface area contributed by atoms with Gasteiger partial charge in [0.15, 0.2) is 0 Å². The Hall–Kier alpha value is -1.10. The number of carbonyl (C=O) groups excluding carboxylic acids is 2. The zero-order valence-corrected chi connectivity index (χ0v) is 19.3. The van der Waals surface area contributed by atoms with Crippen molar-refractivity contribution in [3.05, 3.63) is 0 Å². The third-order valence-electron chi connectivity index (χ3n) is 5.30. The van der Waals surface area contributed by atoms with Crippen LogP contribution in [-0.4, -0.2) is 35.9 Å². The molecule has 1 N–H and O–H groups in total. The Morgan fingerprint density at radius 3 is 1.31 bits per heavy atom. The molecule has 0 fully saturated rings. The number of esters is 2. The maximum absolute atomic E-state index is 11.8. The van der Waals surface area contributed by atoms with Gasteiger partial charge in [-0.25, -0.2) is 0 Å². The van der Waals surface area contributed by atoms with E-state index >= 15 is 0 Å². The van der Waals surface area contributed by atoms with E-state index in [4.69, 9.17) is 9.47 Å². The van der Waals surface area contributed by atoms with Crippen molar-refractivity contribution in [2.45, 2.75) is 129 Å². The Kier molecular flexibility index (Phi) is 18.2. The van der Waals surface area contributed by atoms with Gasteiger partial charge in [0.05, 0.1) is 31.7 Å². The van der Waals surface area contributed by atoms with Gasteiger partial charge in [-0.1, -0.05) is 90.4 Å². The molecule has 0 aromatic heterocycles. The zero-order chi connectivity index (χ0) is 21.8. The Morgan fingerprint density at radius 2 is 0.966 bits per heavy atom. The minimum absolute atomic E-state index is 0.155. The molecule has 0 heterocycles. The van der Waals surface area contributed by atoms with Gasteiger partial charge >= 0.3 is 11.9 Å². The molecule has 172 valence electrons. The normalized spacial score (nSPS) is 11.4. The maximum atomic E-state index is 11.8. The molecule has 0 aliphatic carbocycles. The third kappa shape index (κ3) is 17.5. The van der Waals surface area contributed by atoms with Crippen molar-refractivity contribution < 1.29 is 24.2 Å². The standard InChI is InChI=1S/C24H46O5/c1-4-7-8-9-10-11-12-13-14-15-16-17-18-19-24(27,20-22(25)28-5-2)21-23(26)29-6-3/h27H,4-21H2,1-3H3. The van der Waals surface area contributed by atoms with Crippen molar-refractivity contribution in [3.8, 4) is 0 Å². The summed E-state index contributed by atoms with van der Waals surface area (Å²) in [4.78, 5) is 23.6. The number of hydrogen-bond donors (Lipinski definition) is 1. The topological polar surface area (TPSA) is 72.8 Å². The molecule has 0 spiro atoms. The van der Waals surface area contributed by atoms with E-state index in [0.717, 1.165) is 19.3 Å². The number of ether oxygens (including phenoxy) is 2. The highest BCUT2D eigenvalue weighted by atomic mass is 16.5. The lowest BCUT2D eigenvalue weighted by atomic mass is 9.89. The fourth-order valence-electron chi connectivity index (χ4n) is 3.67. The second kappa shape index (κ2) is 18.9. The summed E-state index contributed by atoms with van der Waals surface area (Å²) < 4.78 is 9.89. The van der Waals surface area contributed by atoms with E-state index in [-0.39, 0.29) is 26.1 Å². The largest absolute Gasteiger partial charge is 0.466 e. The molecule has 0 aliphatic heterocycles. The zero-order valence-electron chi connectivity index (χ0n) is 19.3. The molecule has 0 saturated heterocycles. The summed E-state index contributed by atoms with van der Waals surface area (Å²) in [5.41, 5.74) is -1.36. The number of aliphatic hydroxyl groups is 1. The van der Waals surface area contributed by atoms with E-state index in [9.17, 15) is 14.7 Å². The molecular weight excluding hydrogens is 368 g/mol. The predicted molar refractivity (Wildman–Crippen MR) is 118 cm³/mol. The lowest BCUT2D eigenvalue weighted by Gasteiger charge is -2.26. The molecule has 5 nitrogen and oxygen atoms in total. The molecule has 0 unspecified atom stereocenters. The smallest absolute Gasteiger partial charge is 0.308 e. The average molecular weight is 415 g/mol. The number of unbranched alkanes of at least 4 members (excludes halogenated alkanes) is 12. The molecule has 0 aliphatic rings. The van der Waals surface area contributed by atoms with Crippen LogP contribution in [0.4, 0.5) is 0 Å². The van der Waals surface area contributed by atoms with E-state index in [2.05, 4.69) is 6.92 Å². The molecule has 0 radical (unpaired) electrons. The molecule has 29 heavy (non-hydrogen) atoms. The van der Waals surface area contributed by atoms with Crippen LogP contribution in [0, 0.1) is 0 Å². The summed E-state index contributed by atoms with van der Waals surface area (Å²) in [7, 11) is 0. The second-order valence-corrected chi connectivity index (χ2v) is 8.18. The van der Waals surface area contributed by atoms with E-state index in [0.29, 0.717) is 6.42 Å². The number of rotatable bonds is 20. The quantitative estimate of drug-likeness (QED) is 0.192. The Balaban J connectivity index is 3.92. The van der Waals surface area contributed by atoms with Gasteiger partial charge in [-0.05, 0) is 20.3 Å². The molecule has 0 aromatic rings. The van der Waals surface area contributed by atoms with Crippen LogP contribution in [-0.2, 0) is 19.1 Å². The van der Waals surface area contributed by atoms with Crippen molar-refractivity contribution in [1.29, 1.82) is 0 Å². The number of carbonyl (C=O) groups is 2. The molecule has 0 atom stereocenters. The van der Waals surface area contributed by atoms with E-state index < -0.39 is 17.5 Å². The molecule has 0 rings (SSSR count). The van der Waals surface area contributed by atoms with Crippen LogP contribution in [0.25, 0.3) is 0 Å². The van der Waals surface area contributed by atoms with Crippen molar-refractivity contribution >= 4 is 11.9 Å². The maximum Gasteiger partial charge on any atom is 0.308 e. The second-order valence-electron chi connectivity index (χ2n) is 8.18. The highest BCUT2D eigenvalue weighted by Crippen LogP contribution is 2.25. The van der Waals surface area contributed by atoms with Crippen LogP contribution in [0.1, 0.15) is 124 Å². The first-order valence-corrected chi connectivity index (χ1v) is 12.0. The summed E-state index contributed by atoms with van der Waals surface area (Å²) in [6.07, 6.45) is 16.4. The SMILES string of the molecule is CCCCCCCCCCCCCCCC(O)(CC(=O)OCC)CC(=O)OCC. The Bertz CT molecular complexity index is 388. The van der Waals surface area contributed by atoms with Gasteiger partial charge in [-0.15, -0.1) is 0 Å². The Labute approximate surface area is 178 Å². The fourth-order valence-corrected chi connectivity index (χ4v) is 3.67. The van der Waals surface area contributed by atoms with Gasteiger partial charge in [-0.3, -0.25) is 9.59 Å². The summed E-state index contributed by atoms with van der Waals surface area (Å²) in [5, 5.41) is 10.8. The predicted octanol–water partition coefficient (Wildman–Crippen LogP) is 6.11. The van der Waals surface area contributed by atoms with Crippen molar-refractivity contribution in [2.75, 3.05) is 13.2 Å². The van der Waals surface area contributed by atoms with Crippen molar-refractivity contribution in [1.82, 2.24) is 0 Å². The summed E-state index contributed by atoms with van der Waals surface area (Å²) in [6.45, 7) is 6.25. The Morgan fingerprint density at radius 1 is 0.621 bits per heavy atom. The summed E-state index contributed by atoms with van der Waals surface area (Å²) >= 11 is 0. The van der Waals surface area contributed by atoms with Gasteiger partial charge in [0.1, 0.15) is 0 Å². The summed E-state index contributed by atoms with van der Waals surface area (Å²) in [5.74, 6) is -0.928. The molecule has 5 heteroatoms. The van der Waals surface area contributed by atoms with Crippen LogP contribution >= 0.6 is 0 Å². The lowest BCUT2D eigenvalue weighted by Crippen LogP contribution is -2.36. The summed E-state index contributed by atoms with van der Waals surface area (Å²) in [6, 6.07) is 0. The van der Waals surface area contributed by atoms with Crippen molar-refractivity contribution in [2.24, 2.45) is 0 Å². The van der Waals surface area contributed by atoms with E-state index in [1.807, 2.05) is 0 Å². The number of hydrogen-bond acceptors (Lipinski definition) is 5. The first kappa shape index (κ1) is 27.9. The van der Waals surface area contributed by atoms with Crippen LogP contribution in [0.3, 0.4) is 0 Å². The van der Waals surface area contributed by atoms with Gasteiger partial charge in [-0.2, -0.15) is 0 Å². The van der Waals surface area contributed by atoms with E-state index in [1.165, 1.54) is 64.2 Å². The van der Waals surface area contributed by atoms with Gasteiger partial charge in [0, 0.05) is 0 Å². The van der Waals surface area contributed by atoms with Gasteiger partial charge in [0.25, 0.3) is 0 Å². The lowest BCUT2D eigenvalue weighted by molar-refractivity contribution is -0.155. The van der Waals surface area contributed by atoms with Crippen LogP contribution < -0.4 is 0 Å². The minimum atomic E-state index is -1.36. The van der Waals surface area contributed by atoms with Crippen LogP contribution in [0.5, 0.6) is 0 Å². The first-order chi connectivity index (χ1) is 14.0. The molecular formula is C24H46O5. The van der Waals surface area contributed by atoms with Crippen LogP contribution in [0.2, 0.25) is 0 Å². The fraction of sp³-hybridized carbons (Fsp3) is 0.917. The third-order valence-corrected chi connectivity index (χ3v) is 5.30. The highest BCUT2D eigenvalue weighted by molar-refractivity contribution is 5.74. The van der Waals surface area contributed by atoms with Gasteiger partial charge < -0.3 is 14.6 Å². The molecule has 0 amide bonds. The van der Waals surface area contributed by atoms with Gasteiger partial charge in [0.2, 0.25) is 0 Å². The minimum Gasteiger partial charge on any atom is -0.466 e. The first-order valence-electron chi connectivity index (χ1n) is 12.0. The average Bonchev–Trinajstić information content (AvgIpc) is 2.65. The molecule has 0 aromatic carbocycles. The van der Waals surface area contributed by atoms with Crippen molar-refractivity contribution in [3.63, 3.8) is 0 Å². The molecule has 0 bridgehead atoms. The van der Waals surface area contributed by atoms with Crippen LogP contribution in [0.15, 0.2) is 0 Å².